The Kier molecular flexibility index (Phi) is 19.8. The van der Waals surface area contributed by atoms with Crippen LogP contribution < -0.4 is 0 Å². The van der Waals surface area contributed by atoms with Crippen LogP contribution in [0, 0.1) is 27.7 Å². The van der Waals surface area contributed by atoms with Gasteiger partial charge < -0.3 is 0 Å². The second-order valence-corrected chi connectivity index (χ2v) is 20.0. The van der Waals surface area contributed by atoms with Crippen molar-refractivity contribution in [2.24, 2.45) is 0 Å². The third-order valence-electron chi connectivity index (χ3n) is 10.4. The van der Waals surface area contributed by atoms with E-state index in [2.05, 4.69) is 167 Å². The molecule has 0 saturated heterocycles. The number of fused-ring (bicyclic) bond motifs is 2. The normalized spacial score (nSPS) is 11.8. The van der Waals surface area contributed by atoms with Crippen LogP contribution >= 0.6 is 17.0 Å². The van der Waals surface area contributed by atoms with Gasteiger partial charge in [0.25, 0.3) is 0 Å². The van der Waals surface area contributed by atoms with E-state index in [1.54, 1.807) is 0 Å². The second-order valence-electron chi connectivity index (χ2n) is 15.2. The summed E-state index contributed by atoms with van der Waals surface area (Å²) in [6, 6.07) is 32.9. The van der Waals surface area contributed by atoms with Gasteiger partial charge in [-0.05, 0) is 63.5 Å². The van der Waals surface area contributed by atoms with Crippen molar-refractivity contribution < 1.29 is 20.8 Å². The van der Waals surface area contributed by atoms with Gasteiger partial charge in [0.15, 0.2) is 0 Å². The van der Waals surface area contributed by atoms with Crippen LogP contribution in [0.5, 0.6) is 0 Å². The molecular formula is C50H64Cl2SiZr. The molecule has 6 rings (SSSR count). The molecule has 0 spiro atoms. The van der Waals surface area contributed by atoms with Crippen LogP contribution in [0.1, 0.15) is 124 Å². The summed E-state index contributed by atoms with van der Waals surface area (Å²) < 4.78 is 0. The van der Waals surface area contributed by atoms with Gasteiger partial charge in [-0.25, -0.2) is 0 Å². The monoisotopic (exact) mass is 852 g/mol. The summed E-state index contributed by atoms with van der Waals surface area (Å²) in [5.74, 6) is 1.25. The number of benzene rings is 4. The zero-order valence-electron chi connectivity index (χ0n) is 35.2. The van der Waals surface area contributed by atoms with Gasteiger partial charge >= 0.3 is 37.9 Å². The van der Waals surface area contributed by atoms with E-state index in [1.807, 2.05) is 0 Å². The number of rotatable bonds is 10. The van der Waals surface area contributed by atoms with Crippen molar-refractivity contribution in [2.75, 3.05) is 0 Å². The van der Waals surface area contributed by atoms with E-state index in [1.165, 1.54) is 114 Å². The molecule has 6 aromatic rings. The average molecular weight is 855 g/mol. The van der Waals surface area contributed by atoms with Crippen LogP contribution in [0.15, 0.2) is 84.9 Å². The van der Waals surface area contributed by atoms with Crippen LogP contribution in [-0.4, -0.2) is 9.52 Å². The first-order valence-corrected chi connectivity index (χ1v) is 28.4. The van der Waals surface area contributed by atoms with Crippen molar-refractivity contribution in [3.8, 4) is 22.3 Å². The van der Waals surface area contributed by atoms with E-state index >= 15 is 0 Å². The molecule has 0 amide bonds. The van der Waals surface area contributed by atoms with Crippen LogP contribution in [0.3, 0.4) is 0 Å². The Hall–Kier alpha value is -2.22. The standard InChI is InChI=1S/2C24H29.C2H6Si.2ClH.Zr/c2*1-6-8-19-9-10-20-14-21(18(5)7-2)15-23(20)24(19)22-12-16(3)11-17(4)13-22;1-3-2;;;/h2*9-15,18H,6-8H2,1-5H3;1-2H3;2*1H;/q2*-1;;;;+4/p-2. The van der Waals surface area contributed by atoms with Gasteiger partial charge in [-0.3, -0.25) is 0 Å². The maximum atomic E-state index is 4.93. The van der Waals surface area contributed by atoms with Gasteiger partial charge in [-0.1, -0.05) is 161 Å². The fourth-order valence-corrected chi connectivity index (χ4v) is 7.62. The predicted molar refractivity (Wildman–Crippen MR) is 243 cm³/mol. The van der Waals surface area contributed by atoms with Crippen molar-refractivity contribution in [3.05, 3.63) is 129 Å². The molecule has 2 atom stereocenters. The molecule has 0 bridgehead atoms. The Morgan fingerprint density at radius 3 is 1.15 bits per heavy atom. The summed E-state index contributed by atoms with van der Waals surface area (Å²) in [5.41, 5.74) is 17.0. The van der Waals surface area contributed by atoms with E-state index in [4.69, 9.17) is 17.0 Å². The zero-order chi connectivity index (χ0) is 39.9. The molecule has 54 heavy (non-hydrogen) atoms. The van der Waals surface area contributed by atoms with E-state index in [0.717, 1.165) is 22.4 Å². The number of hydrogen-bond acceptors (Lipinski definition) is 0. The molecule has 0 aromatic heterocycles. The molecule has 286 valence electrons. The number of halogens is 2. The fraction of sp³-hybridized carbons (Fsp3) is 0.400. The van der Waals surface area contributed by atoms with Crippen molar-refractivity contribution in [2.45, 2.75) is 133 Å². The van der Waals surface area contributed by atoms with Crippen LogP contribution in [-0.2, 0) is 33.7 Å². The molecule has 0 nitrogen and oxygen atoms in total. The van der Waals surface area contributed by atoms with E-state index < -0.39 is 20.8 Å². The first kappa shape index (κ1) is 46.2. The number of hydrogen-bond donors (Lipinski definition) is 0. The van der Waals surface area contributed by atoms with E-state index in [0.29, 0.717) is 11.8 Å². The molecule has 0 N–H and O–H groups in total. The van der Waals surface area contributed by atoms with Crippen molar-refractivity contribution in [1.82, 2.24) is 0 Å². The molecule has 0 fully saturated rings. The Morgan fingerprint density at radius 2 is 0.870 bits per heavy atom. The van der Waals surface area contributed by atoms with Crippen molar-refractivity contribution in [3.63, 3.8) is 0 Å². The summed E-state index contributed by atoms with van der Waals surface area (Å²) in [5, 5.41) is 5.64. The van der Waals surface area contributed by atoms with Gasteiger partial charge in [-0.15, -0.1) is 69.1 Å². The second kappa shape index (κ2) is 23.1. The quantitative estimate of drug-likeness (QED) is 0.0951. The van der Waals surface area contributed by atoms with Gasteiger partial charge in [-0.2, -0.15) is 12.1 Å². The minimum atomic E-state index is -0.826. The van der Waals surface area contributed by atoms with Gasteiger partial charge in [0.05, 0.1) is 0 Å². The molecule has 2 unspecified atom stereocenters. The molecule has 0 aliphatic rings. The third kappa shape index (κ3) is 12.4. The van der Waals surface area contributed by atoms with Crippen molar-refractivity contribution >= 4 is 48.1 Å². The third-order valence-corrected chi connectivity index (χ3v) is 10.4. The summed E-state index contributed by atoms with van der Waals surface area (Å²) >= 11 is -0.826. The molecule has 0 saturated carbocycles. The molecule has 4 heteroatoms. The molecular weight excluding hydrogens is 791 g/mol. The Morgan fingerprint density at radius 1 is 0.556 bits per heavy atom. The van der Waals surface area contributed by atoms with Gasteiger partial charge in [0.2, 0.25) is 0 Å². The van der Waals surface area contributed by atoms with Crippen LogP contribution in [0.25, 0.3) is 43.8 Å². The summed E-state index contributed by atoms with van der Waals surface area (Å²) in [6.45, 7) is 26.9. The Labute approximate surface area is 350 Å². The Bertz CT molecular complexity index is 1860. The van der Waals surface area contributed by atoms with Crippen LogP contribution in [0.2, 0.25) is 13.1 Å². The summed E-state index contributed by atoms with van der Waals surface area (Å²) in [6.07, 6.45) is 7.03. The fourth-order valence-electron chi connectivity index (χ4n) is 7.62. The molecule has 0 heterocycles. The van der Waals surface area contributed by atoms with E-state index in [9.17, 15) is 0 Å². The van der Waals surface area contributed by atoms with Gasteiger partial charge in [0, 0.05) is 9.52 Å². The molecule has 0 aliphatic carbocycles. The molecule has 2 radical (unpaired) electrons. The van der Waals surface area contributed by atoms with Crippen LogP contribution in [0.4, 0.5) is 0 Å². The van der Waals surface area contributed by atoms with E-state index in [-0.39, 0.29) is 0 Å². The summed E-state index contributed by atoms with van der Waals surface area (Å²) in [4.78, 5) is 0. The summed E-state index contributed by atoms with van der Waals surface area (Å²) in [7, 11) is 11.0. The Balaban J connectivity index is 0.000000254. The maximum absolute atomic E-state index is 4.93. The topological polar surface area (TPSA) is 0 Å². The SMILES string of the molecule is CCCc1ccc2[cH-]c(C(C)CC)cc2c1-c1cc(C)cc(C)c1.CCCc1ccc2[cH-]c(C(C)CC)cc2c1-c1cc(C)cc(C)c1.C[Si]C.[Cl][Zr+2][Cl]. The first-order valence-electron chi connectivity index (χ1n) is 20.1. The zero-order valence-corrected chi connectivity index (χ0v) is 40.2. The average Bonchev–Trinajstić information content (AvgIpc) is 3.76. The molecule has 0 aliphatic heterocycles. The first-order chi connectivity index (χ1) is 25.9. The molecule has 6 aromatic carbocycles. The minimum absolute atomic E-state index is 0.624. The predicted octanol–water partition coefficient (Wildman–Crippen LogP) is 16.8. The van der Waals surface area contributed by atoms with Gasteiger partial charge in [0.1, 0.15) is 0 Å². The number of aryl methyl sites for hydroxylation is 6. The van der Waals surface area contributed by atoms with Crippen molar-refractivity contribution in [1.29, 1.82) is 0 Å².